The molecule has 0 fully saturated rings. The van der Waals surface area contributed by atoms with E-state index in [1.165, 1.54) is 24.0 Å². The van der Waals surface area contributed by atoms with Crippen LogP contribution in [0.15, 0.2) is 36.5 Å². The van der Waals surface area contributed by atoms with Gasteiger partial charge in [0.15, 0.2) is 5.78 Å². The summed E-state index contributed by atoms with van der Waals surface area (Å²) in [6, 6.07) is 6.19. The largest absolute Gasteiger partial charge is 0.313 e. The van der Waals surface area contributed by atoms with E-state index in [0.717, 1.165) is 18.6 Å². The van der Waals surface area contributed by atoms with E-state index in [9.17, 15) is 26.4 Å². The van der Waals surface area contributed by atoms with Gasteiger partial charge in [-0.2, -0.15) is 3.71 Å². The molecule has 0 heterocycles. The van der Waals surface area contributed by atoms with Gasteiger partial charge < -0.3 is 4.90 Å². The minimum Gasteiger partial charge on any atom is -0.313 e. The maximum absolute atomic E-state index is 12.2. The molecule has 0 bridgehead atoms. The molecule has 0 aliphatic heterocycles. The maximum atomic E-state index is 12.2. The molecule has 0 aromatic heterocycles. The van der Waals surface area contributed by atoms with Crippen LogP contribution in [0.3, 0.4) is 0 Å². The van der Waals surface area contributed by atoms with Crippen molar-refractivity contribution in [1.82, 2.24) is 3.71 Å². The lowest BCUT2D eigenvalue weighted by atomic mass is 10.1. The number of hydrogen-bond acceptors (Lipinski definition) is 6. The molecule has 0 saturated heterocycles. The minimum atomic E-state index is -4.08. The highest BCUT2D eigenvalue weighted by Crippen LogP contribution is 2.17. The van der Waals surface area contributed by atoms with E-state index in [4.69, 9.17) is 0 Å². The fraction of sp³-hybridized carbons (Fsp3) is 0.333. The molecule has 1 amide bonds. The minimum absolute atomic E-state index is 0.121. The van der Waals surface area contributed by atoms with Crippen LogP contribution in [-0.2, 0) is 24.8 Å². The van der Waals surface area contributed by atoms with E-state index in [1.807, 2.05) is 0 Å². The number of sulfonamides is 2. The summed E-state index contributed by atoms with van der Waals surface area (Å²) in [5.74, 6) is -0.790. The van der Waals surface area contributed by atoms with E-state index in [2.05, 4.69) is 0 Å². The van der Waals surface area contributed by atoms with Crippen LogP contribution in [0.4, 0.5) is 5.69 Å². The Morgan fingerprint density at radius 1 is 1.08 bits per heavy atom. The Bertz CT molecular complexity index is 872. The van der Waals surface area contributed by atoms with Crippen molar-refractivity contribution in [3.8, 4) is 0 Å². The number of nitrogens with zero attached hydrogens (tertiary/aromatic N) is 2. The second-order valence-corrected chi connectivity index (χ2v) is 9.19. The van der Waals surface area contributed by atoms with Crippen molar-refractivity contribution in [2.75, 3.05) is 24.0 Å². The van der Waals surface area contributed by atoms with Crippen molar-refractivity contribution in [2.45, 2.75) is 13.8 Å². The Kier molecular flexibility index (Phi) is 6.49. The molecule has 1 aromatic carbocycles. The van der Waals surface area contributed by atoms with Gasteiger partial charge in [-0.15, -0.1) is 0 Å². The van der Waals surface area contributed by atoms with Crippen LogP contribution in [0, 0.1) is 0 Å². The Morgan fingerprint density at radius 2 is 1.64 bits per heavy atom. The molecule has 0 unspecified atom stereocenters. The highest BCUT2D eigenvalue weighted by Gasteiger charge is 2.22. The van der Waals surface area contributed by atoms with Crippen LogP contribution in [-0.4, -0.2) is 51.3 Å². The zero-order valence-corrected chi connectivity index (χ0v) is 16.0. The molecule has 0 spiro atoms. The third-order valence-electron chi connectivity index (χ3n) is 3.14. The summed E-state index contributed by atoms with van der Waals surface area (Å²) in [4.78, 5) is 25.3. The molecule has 0 aliphatic rings. The topological polar surface area (TPSA) is 109 Å². The number of anilines is 1. The van der Waals surface area contributed by atoms with Crippen molar-refractivity contribution < 1.29 is 26.4 Å². The maximum Gasteiger partial charge on any atom is 0.244 e. The zero-order valence-electron chi connectivity index (χ0n) is 14.3. The molecule has 25 heavy (non-hydrogen) atoms. The smallest absolute Gasteiger partial charge is 0.244 e. The number of carbonyl (C=O) groups is 2. The number of rotatable bonds is 7. The van der Waals surface area contributed by atoms with Crippen LogP contribution in [0.25, 0.3) is 0 Å². The predicted molar refractivity (Wildman–Crippen MR) is 95.1 cm³/mol. The average Bonchev–Trinajstić information content (AvgIpc) is 2.45. The number of allylic oxidation sites excluding steroid dienone is 1. The first-order valence-corrected chi connectivity index (χ1v) is 10.9. The molecule has 8 nitrogen and oxygen atoms in total. The summed E-state index contributed by atoms with van der Waals surface area (Å²) in [5, 5.41) is 0. The van der Waals surface area contributed by atoms with Crippen LogP contribution in [0.1, 0.15) is 24.2 Å². The van der Waals surface area contributed by atoms with E-state index < -0.39 is 25.8 Å². The van der Waals surface area contributed by atoms with Gasteiger partial charge in [-0.3, -0.25) is 9.59 Å². The van der Waals surface area contributed by atoms with Gasteiger partial charge in [0, 0.05) is 37.0 Å². The second-order valence-electron chi connectivity index (χ2n) is 5.24. The zero-order chi connectivity index (χ0) is 19.4. The van der Waals surface area contributed by atoms with Crippen molar-refractivity contribution in [3.63, 3.8) is 0 Å². The van der Waals surface area contributed by atoms with Gasteiger partial charge in [0.05, 0.1) is 12.5 Å². The Hall–Kier alpha value is -2.20. The lowest BCUT2D eigenvalue weighted by Gasteiger charge is -2.19. The first-order valence-electron chi connectivity index (χ1n) is 7.18. The van der Waals surface area contributed by atoms with Crippen LogP contribution < -0.4 is 4.90 Å². The van der Waals surface area contributed by atoms with E-state index >= 15 is 0 Å². The third kappa shape index (κ3) is 5.68. The molecule has 1 aromatic rings. The number of hydrogen-bond donors (Lipinski definition) is 0. The standard InChI is InChI=1S/C15H20N2O6S2/c1-5-16(12(2)18)14-8-6-7-13(11-14)15(19)9-10-17(24(3,20)21)25(4,22)23/h6-11H,5H2,1-4H3. The highest BCUT2D eigenvalue weighted by molar-refractivity contribution is 8.03. The first kappa shape index (κ1) is 20.8. The lowest BCUT2D eigenvalue weighted by Crippen LogP contribution is -2.30. The van der Waals surface area contributed by atoms with Crippen LogP contribution >= 0.6 is 0 Å². The number of benzene rings is 1. The number of ketones is 1. The predicted octanol–water partition coefficient (Wildman–Crippen LogP) is 0.977. The van der Waals surface area contributed by atoms with Crippen LogP contribution in [0.5, 0.6) is 0 Å². The second kappa shape index (κ2) is 7.79. The third-order valence-corrected chi connectivity index (χ3v) is 6.32. The summed E-state index contributed by atoms with van der Waals surface area (Å²) < 4.78 is 46.2. The Morgan fingerprint density at radius 3 is 2.08 bits per heavy atom. The summed E-state index contributed by atoms with van der Waals surface area (Å²) in [7, 11) is -8.17. The average molecular weight is 388 g/mol. The fourth-order valence-electron chi connectivity index (χ4n) is 2.11. The molecule has 0 radical (unpaired) electrons. The van der Waals surface area contributed by atoms with Gasteiger partial charge in [0.1, 0.15) is 0 Å². The molecule has 10 heteroatoms. The monoisotopic (exact) mass is 388 g/mol. The Balaban J connectivity index is 3.19. The number of carbonyl (C=O) groups excluding carboxylic acids is 2. The van der Waals surface area contributed by atoms with E-state index in [1.54, 1.807) is 19.1 Å². The van der Waals surface area contributed by atoms with Gasteiger partial charge in [-0.25, -0.2) is 16.8 Å². The summed E-state index contributed by atoms with van der Waals surface area (Å²) in [6.07, 6.45) is 2.98. The molecular formula is C15H20N2O6S2. The fourth-order valence-corrected chi connectivity index (χ4v) is 4.64. The van der Waals surface area contributed by atoms with Crippen molar-refractivity contribution >= 4 is 37.4 Å². The highest BCUT2D eigenvalue weighted by atomic mass is 32.3. The van der Waals surface area contributed by atoms with Crippen molar-refractivity contribution in [1.29, 1.82) is 0 Å². The normalized spacial score (nSPS) is 12.2. The summed E-state index contributed by atoms with van der Waals surface area (Å²) >= 11 is 0. The Labute approximate surface area is 147 Å². The summed E-state index contributed by atoms with van der Waals surface area (Å²) in [6.45, 7) is 3.60. The lowest BCUT2D eigenvalue weighted by molar-refractivity contribution is -0.116. The quantitative estimate of drug-likeness (QED) is 0.509. The van der Waals surface area contributed by atoms with Gasteiger partial charge in [-0.1, -0.05) is 12.1 Å². The first-order chi connectivity index (χ1) is 11.4. The molecule has 0 aliphatic carbocycles. The molecule has 0 atom stereocenters. The summed E-state index contributed by atoms with van der Waals surface area (Å²) in [5.41, 5.74) is 0.702. The molecular weight excluding hydrogens is 368 g/mol. The van der Waals surface area contributed by atoms with E-state index in [-0.39, 0.29) is 15.2 Å². The van der Waals surface area contributed by atoms with Crippen molar-refractivity contribution in [2.24, 2.45) is 0 Å². The van der Waals surface area contributed by atoms with Gasteiger partial charge in [0.25, 0.3) is 0 Å². The van der Waals surface area contributed by atoms with Gasteiger partial charge in [0.2, 0.25) is 26.0 Å². The van der Waals surface area contributed by atoms with Gasteiger partial charge in [-0.05, 0) is 19.1 Å². The molecule has 0 saturated carbocycles. The number of amides is 1. The van der Waals surface area contributed by atoms with Crippen molar-refractivity contribution in [3.05, 3.63) is 42.1 Å². The molecule has 0 N–H and O–H groups in total. The molecule has 138 valence electrons. The van der Waals surface area contributed by atoms with Gasteiger partial charge >= 0.3 is 0 Å². The van der Waals surface area contributed by atoms with E-state index in [0.29, 0.717) is 18.4 Å². The SMILES string of the molecule is CCN(C(C)=O)c1cccc(C(=O)C=CN(S(C)(=O)=O)S(C)(=O)=O)c1. The molecule has 1 rings (SSSR count). The van der Waals surface area contributed by atoms with Crippen LogP contribution in [0.2, 0.25) is 0 Å².